The molecule has 13 heteroatoms. The van der Waals surface area contributed by atoms with Crippen LogP contribution >= 0.6 is 36.4 Å². The molecule has 0 bridgehead atoms. The lowest BCUT2D eigenvalue weighted by molar-refractivity contribution is -0.134. The third-order valence-electron chi connectivity index (χ3n) is 7.37. The number of rotatable bonds is 7. The number of nitrogens with one attached hydrogen (secondary N) is 2. The van der Waals surface area contributed by atoms with Crippen LogP contribution in [0.2, 0.25) is 5.02 Å². The molecule has 0 spiro atoms. The molecular formula is C27H34Cl3FN6O3. The van der Waals surface area contributed by atoms with Gasteiger partial charge in [0, 0.05) is 42.7 Å². The Morgan fingerprint density at radius 3 is 2.42 bits per heavy atom. The Bertz CT molecular complexity index is 1340. The molecule has 2 aromatic carbocycles. The fraction of sp³-hybridized carbons (Fsp3) is 0.444. The number of likely N-dealkylation sites (N-methyl/N-ethyl adjacent to an activating group) is 1. The molecule has 2 saturated heterocycles. The van der Waals surface area contributed by atoms with Gasteiger partial charge in [-0.1, -0.05) is 11.6 Å². The topological polar surface area (TPSA) is 91.9 Å². The molecule has 2 fully saturated rings. The number of methoxy groups -OCH3 is 2. The Morgan fingerprint density at radius 1 is 1.10 bits per heavy atom. The molecule has 1 aromatic heterocycles. The van der Waals surface area contributed by atoms with E-state index in [-0.39, 0.29) is 48.5 Å². The predicted octanol–water partition coefficient (Wildman–Crippen LogP) is 5.21. The van der Waals surface area contributed by atoms with Gasteiger partial charge in [-0.2, -0.15) is 4.98 Å². The van der Waals surface area contributed by atoms with Crippen LogP contribution in [0.5, 0.6) is 11.5 Å². The van der Waals surface area contributed by atoms with E-state index in [2.05, 4.69) is 15.5 Å². The van der Waals surface area contributed by atoms with Crippen molar-refractivity contribution >= 4 is 70.7 Å². The average molecular weight is 616 g/mol. The predicted molar refractivity (Wildman–Crippen MR) is 161 cm³/mol. The van der Waals surface area contributed by atoms with Crippen molar-refractivity contribution in [1.29, 1.82) is 0 Å². The van der Waals surface area contributed by atoms with Gasteiger partial charge in [-0.05, 0) is 56.5 Å². The van der Waals surface area contributed by atoms with Crippen molar-refractivity contribution < 1.29 is 18.7 Å². The summed E-state index contributed by atoms with van der Waals surface area (Å²) in [5, 5.41) is 7.38. The van der Waals surface area contributed by atoms with Gasteiger partial charge in [-0.15, -0.1) is 24.8 Å². The largest absolute Gasteiger partial charge is 0.493 e. The number of anilines is 3. The molecule has 0 saturated carbocycles. The van der Waals surface area contributed by atoms with Crippen LogP contribution in [0.25, 0.3) is 10.9 Å². The number of aromatic nitrogens is 2. The van der Waals surface area contributed by atoms with Crippen LogP contribution in [0.3, 0.4) is 0 Å². The summed E-state index contributed by atoms with van der Waals surface area (Å²) in [5.74, 6) is 1.69. The summed E-state index contributed by atoms with van der Waals surface area (Å²) in [5.41, 5.74) is 0.876. The van der Waals surface area contributed by atoms with Crippen LogP contribution in [0.15, 0.2) is 30.3 Å². The highest BCUT2D eigenvalue weighted by atomic mass is 35.5. The summed E-state index contributed by atoms with van der Waals surface area (Å²) >= 11 is 5.95. The quantitative estimate of drug-likeness (QED) is 0.375. The molecule has 2 aliphatic heterocycles. The number of amides is 1. The molecule has 1 atom stereocenters. The number of fused-ring (bicyclic) bond motifs is 1. The van der Waals surface area contributed by atoms with Crippen LogP contribution in [0.4, 0.5) is 21.8 Å². The van der Waals surface area contributed by atoms with Crippen LogP contribution in [0, 0.1) is 5.82 Å². The Kier molecular flexibility index (Phi) is 10.9. The molecule has 3 aromatic rings. The zero-order valence-electron chi connectivity index (χ0n) is 22.6. The number of halogens is 4. The zero-order valence-corrected chi connectivity index (χ0v) is 25.0. The van der Waals surface area contributed by atoms with Crippen LogP contribution in [-0.4, -0.2) is 73.8 Å². The van der Waals surface area contributed by atoms with Crippen molar-refractivity contribution in [3.63, 3.8) is 0 Å². The summed E-state index contributed by atoms with van der Waals surface area (Å²) in [6.07, 6.45) is 3.54. The van der Waals surface area contributed by atoms with Crippen molar-refractivity contribution in [1.82, 2.24) is 20.2 Å². The number of carbonyl (C=O) groups is 1. The van der Waals surface area contributed by atoms with Gasteiger partial charge in [0.15, 0.2) is 11.5 Å². The van der Waals surface area contributed by atoms with Crippen molar-refractivity contribution in [2.75, 3.05) is 51.1 Å². The molecule has 9 nitrogen and oxygen atoms in total. The van der Waals surface area contributed by atoms with E-state index in [9.17, 15) is 9.18 Å². The van der Waals surface area contributed by atoms with E-state index in [1.54, 1.807) is 38.5 Å². The van der Waals surface area contributed by atoms with Crippen molar-refractivity contribution in [3.8, 4) is 11.5 Å². The van der Waals surface area contributed by atoms with E-state index in [0.29, 0.717) is 52.3 Å². The maximum Gasteiger partial charge on any atom is 0.239 e. The summed E-state index contributed by atoms with van der Waals surface area (Å²) in [7, 11) is 5.02. The molecular weight excluding hydrogens is 582 g/mol. The number of piperidine rings is 1. The van der Waals surface area contributed by atoms with Gasteiger partial charge in [0.05, 0.1) is 31.5 Å². The van der Waals surface area contributed by atoms with Gasteiger partial charge in [-0.3, -0.25) is 4.79 Å². The highest BCUT2D eigenvalue weighted by Crippen LogP contribution is 2.37. The first kappa shape index (κ1) is 31.7. The Balaban J connectivity index is 0.00000220. The number of carbonyl (C=O) groups excluding carboxylic acids is 1. The number of hydrogen-bond acceptors (Lipinski definition) is 8. The van der Waals surface area contributed by atoms with Crippen molar-refractivity contribution in [3.05, 3.63) is 41.2 Å². The fourth-order valence-corrected chi connectivity index (χ4v) is 5.33. The minimum Gasteiger partial charge on any atom is -0.493 e. The highest BCUT2D eigenvalue weighted by Gasteiger charge is 2.31. The second-order valence-electron chi connectivity index (χ2n) is 9.66. The zero-order chi connectivity index (χ0) is 26.8. The minimum atomic E-state index is -0.489. The normalized spacial score (nSPS) is 17.1. The second kappa shape index (κ2) is 13.7. The molecule has 2 N–H and O–H groups in total. The van der Waals surface area contributed by atoms with Gasteiger partial charge in [0.2, 0.25) is 11.9 Å². The lowest BCUT2D eigenvalue weighted by Gasteiger charge is -2.37. The smallest absolute Gasteiger partial charge is 0.239 e. The lowest BCUT2D eigenvalue weighted by atomic mass is 10.0. The maximum absolute atomic E-state index is 14.7. The molecule has 2 aliphatic rings. The van der Waals surface area contributed by atoms with Gasteiger partial charge in [0.1, 0.15) is 11.6 Å². The Morgan fingerprint density at radius 2 is 1.80 bits per heavy atom. The van der Waals surface area contributed by atoms with E-state index >= 15 is 0 Å². The van der Waals surface area contributed by atoms with E-state index in [0.717, 1.165) is 32.2 Å². The van der Waals surface area contributed by atoms with Crippen LogP contribution in [0.1, 0.15) is 25.7 Å². The van der Waals surface area contributed by atoms with Gasteiger partial charge >= 0.3 is 0 Å². The van der Waals surface area contributed by atoms with Crippen LogP contribution in [-0.2, 0) is 4.79 Å². The third kappa shape index (κ3) is 6.57. The molecule has 5 rings (SSSR count). The van der Waals surface area contributed by atoms with E-state index in [4.69, 9.17) is 31.0 Å². The summed E-state index contributed by atoms with van der Waals surface area (Å²) in [6.45, 7) is 2.27. The number of ether oxygens (including phenoxy) is 2. The maximum atomic E-state index is 14.7. The minimum absolute atomic E-state index is 0. The van der Waals surface area contributed by atoms with E-state index < -0.39 is 5.82 Å². The summed E-state index contributed by atoms with van der Waals surface area (Å²) < 4.78 is 25.6. The number of hydrogen-bond donors (Lipinski definition) is 2. The van der Waals surface area contributed by atoms with E-state index in [1.807, 2.05) is 11.9 Å². The van der Waals surface area contributed by atoms with Gasteiger partial charge in [-0.25, -0.2) is 9.37 Å². The first-order chi connectivity index (χ1) is 18.4. The monoisotopic (exact) mass is 614 g/mol. The standard InChI is InChI=1S/C27H32ClFN6O3.2ClH/c1-34(26(36)21-5-4-10-30-21)17-8-11-35(12-9-17)27-32-22-15-24(38-3)23(37-2)14-18(22)25(33-27)31-20-7-6-16(28)13-19(20)29;;/h6-7,13-15,17,21,30H,4-5,8-12H2,1-3H3,(H,31,32,33);2*1H/t21-;;/m0../s1. The molecule has 40 heavy (non-hydrogen) atoms. The average Bonchev–Trinajstić information content (AvgIpc) is 3.48. The number of benzene rings is 2. The molecule has 0 aliphatic carbocycles. The summed E-state index contributed by atoms with van der Waals surface area (Å²) in [6, 6.07) is 8.09. The molecule has 1 amide bonds. The Hall–Kier alpha value is -2.79. The first-order valence-corrected chi connectivity index (χ1v) is 13.2. The van der Waals surface area contributed by atoms with Gasteiger partial charge in [0.25, 0.3) is 0 Å². The van der Waals surface area contributed by atoms with Crippen molar-refractivity contribution in [2.45, 2.75) is 37.8 Å². The second-order valence-corrected chi connectivity index (χ2v) is 10.1. The highest BCUT2D eigenvalue weighted by molar-refractivity contribution is 6.30. The third-order valence-corrected chi connectivity index (χ3v) is 7.61. The lowest BCUT2D eigenvalue weighted by Crippen LogP contribution is -2.50. The van der Waals surface area contributed by atoms with E-state index in [1.165, 1.54) is 6.07 Å². The van der Waals surface area contributed by atoms with Crippen molar-refractivity contribution in [2.24, 2.45) is 0 Å². The molecule has 3 heterocycles. The fourth-order valence-electron chi connectivity index (χ4n) is 5.17. The molecule has 0 unspecified atom stereocenters. The Labute approximate surface area is 250 Å². The molecule has 218 valence electrons. The first-order valence-electron chi connectivity index (χ1n) is 12.8. The summed E-state index contributed by atoms with van der Waals surface area (Å²) in [4.78, 5) is 26.5. The molecule has 0 radical (unpaired) electrons. The number of nitrogens with zero attached hydrogens (tertiary/aromatic N) is 4. The SMILES string of the molecule is COc1cc2nc(N3CCC(N(C)C(=O)[C@@H]4CCCN4)CC3)nc(Nc3ccc(Cl)cc3F)c2cc1OC.Cl.Cl. The van der Waals surface area contributed by atoms with Crippen LogP contribution < -0.4 is 25.0 Å². The van der Waals surface area contributed by atoms with Gasteiger partial charge < -0.3 is 29.9 Å².